The van der Waals surface area contributed by atoms with E-state index >= 15 is 0 Å². The Kier molecular flexibility index (Phi) is 3.43. The van der Waals surface area contributed by atoms with E-state index in [0.29, 0.717) is 5.56 Å². The standard InChI is InChI=1S/C24H16N4/c25-14-17-10-13-21(19-7-2-1-6-18(17)19)28(24(26)27)22-12-9-16-5-3-4-15-8-11-20(22)23(15)16/h1-13H,(H3,26,27). The minimum absolute atomic E-state index is 0.0664. The fraction of sp³-hybridized carbons (Fsp3) is 0. The number of nitrogens with two attached hydrogens (primary N) is 1. The van der Waals surface area contributed by atoms with Gasteiger partial charge in [-0.25, -0.2) is 0 Å². The molecule has 0 saturated heterocycles. The van der Waals surface area contributed by atoms with Crippen molar-refractivity contribution in [3.05, 3.63) is 83.4 Å². The summed E-state index contributed by atoms with van der Waals surface area (Å²) in [6, 6.07) is 23.9. The Morgan fingerprint density at radius 1 is 0.857 bits per heavy atom. The predicted molar refractivity (Wildman–Crippen MR) is 116 cm³/mol. The maximum absolute atomic E-state index is 9.46. The highest BCUT2D eigenvalue weighted by molar-refractivity contribution is 6.15. The van der Waals surface area contributed by atoms with Crippen molar-refractivity contribution in [1.29, 1.82) is 10.7 Å². The molecule has 28 heavy (non-hydrogen) atoms. The first kappa shape index (κ1) is 16.1. The molecule has 1 aliphatic carbocycles. The van der Waals surface area contributed by atoms with E-state index in [2.05, 4.69) is 36.4 Å². The molecule has 4 nitrogen and oxygen atoms in total. The molecule has 0 unspecified atom stereocenters. The Balaban J connectivity index is 1.82. The SMILES string of the molecule is N#Cc1ccc(N(C(=N)N)c2ccc3cccc4c3c2C=C4)c2ccccc12. The lowest BCUT2D eigenvalue weighted by Gasteiger charge is -2.26. The Bertz CT molecular complexity index is 1360. The zero-order chi connectivity index (χ0) is 19.3. The summed E-state index contributed by atoms with van der Waals surface area (Å²) in [5.41, 5.74) is 10.5. The van der Waals surface area contributed by atoms with Gasteiger partial charge >= 0.3 is 0 Å². The molecule has 132 valence electrons. The summed E-state index contributed by atoms with van der Waals surface area (Å²) < 4.78 is 0. The van der Waals surface area contributed by atoms with Gasteiger partial charge in [0.05, 0.1) is 23.0 Å². The van der Waals surface area contributed by atoms with Crippen LogP contribution in [0.3, 0.4) is 0 Å². The summed E-state index contributed by atoms with van der Waals surface area (Å²) in [6.07, 6.45) is 4.17. The molecule has 0 atom stereocenters. The zero-order valence-electron chi connectivity index (χ0n) is 15.0. The molecule has 0 aliphatic heterocycles. The molecular formula is C24H16N4. The molecule has 0 saturated carbocycles. The van der Waals surface area contributed by atoms with Crippen LogP contribution in [0.2, 0.25) is 0 Å². The quantitative estimate of drug-likeness (QED) is 0.328. The normalized spacial score (nSPS) is 11.7. The number of anilines is 2. The summed E-state index contributed by atoms with van der Waals surface area (Å²) in [7, 11) is 0. The second-order valence-corrected chi connectivity index (χ2v) is 6.79. The van der Waals surface area contributed by atoms with Gasteiger partial charge in [-0.2, -0.15) is 5.26 Å². The molecule has 4 heteroatoms. The van der Waals surface area contributed by atoms with E-state index in [4.69, 9.17) is 11.1 Å². The van der Waals surface area contributed by atoms with Gasteiger partial charge in [-0.3, -0.25) is 10.3 Å². The van der Waals surface area contributed by atoms with Crippen LogP contribution in [-0.2, 0) is 0 Å². The van der Waals surface area contributed by atoms with Crippen LogP contribution in [0.5, 0.6) is 0 Å². The Labute approximate surface area is 162 Å². The molecule has 1 aliphatic rings. The topological polar surface area (TPSA) is 76.9 Å². The minimum Gasteiger partial charge on any atom is -0.369 e. The molecule has 4 aromatic carbocycles. The van der Waals surface area contributed by atoms with Gasteiger partial charge in [0.2, 0.25) is 0 Å². The van der Waals surface area contributed by atoms with Gasteiger partial charge < -0.3 is 5.73 Å². The van der Waals surface area contributed by atoms with E-state index < -0.39 is 0 Å². The number of rotatable bonds is 2. The first-order valence-electron chi connectivity index (χ1n) is 8.99. The van der Waals surface area contributed by atoms with Crippen LogP contribution < -0.4 is 10.6 Å². The lowest BCUT2D eigenvalue weighted by atomic mass is 10.00. The Morgan fingerprint density at radius 3 is 2.43 bits per heavy atom. The highest BCUT2D eigenvalue weighted by Gasteiger charge is 2.22. The van der Waals surface area contributed by atoms with Gasteiger partial charge in [-0.05, 0) is 34.5 Å². The summed E-state index contributed by atoms with van der Waals surface area (Å²) in [6.45, 7) is 0. The van der Waals surface area contributed by atoms with E-state index in [-0.39, 0.29) is 5.96 Å². The summed E-state index contributed by atoms with van der Waals surface area (Å²) >= 11 is 0. The van der Waals surface area contributed by atoms with Crippen LogP contribution in [0, 0.1) is 16.7 Å². The van der Waals surface area contributed by atoms with Crippen molar-refractivity contribution in [1.82, 2.24) is 0 Å². The van der Waals surface area contributed by atoms with Crippen LogP contribution >= 0.6 is 0 Å². The molecule has 0 spiro atoms. The fourth-order valence-corrected chi connectivity index (χ4v) is 4.07. The van der Waals surface area contributed by atoms with Crippen LogP contribution in [0.4, 0.5) is 11.4 Å². The average Bonchev–Trinajstić information content (AvgIpc) is 3.15. The van der Waals surface area contributed by atoms with Gasteiger partial charge in [0.15, 0.2) is 5.96 Å². The van der Waals surface area contributed by atoms with Crippen LogP contribution in [0.25, 0.3) is 33.7 Å². The molecule has 0 amide bonds. The highest BCUT2D eigenvalue weighted by Crippen LogP contribution is 2.41. The molecule has 5 rings (SSSR count). The minimum atomic E-state index is -0.0664. The van der Waals surface area contributed by atoms with Gasteiger partial charge in [0.25, 0.3) is 0 Å². The highest BCUT2D eigenvalue weighted by atomic mass is 15.2. The number of nitriles is 1. The number of benzene rings is 4. The molecule has 0 radical (unpaired) electrons. The van der Waals surface area contributed by atoms with Crippen molar-refractivity contribution in [2.75, 3.05) is 4.90 Å². The number of fused-ring (bicyclic) bond motifs is 1. The molecule has 3 N–H and O–H groups in total. The maximum Gasteiger partial charge on any atom is 0.197 e. The second kappa shape index (κ2) is 5.97. The fourth-order valence-electron chi connectivity index (χ4n) is 4.07. The monoisotopic (exact) mass is 360 g/mol. The molecule has 4 aromatic rings. The molecule has 0 aromatic heterocycles. The zero-order valence-corrected chi connectivity index (χ0v) is 15.0. The van der Waals surface area contributed by atoms with Gasteiger partial charge in [-0.15, -0.1) is 0 Å². The van der Waals surface area contributed by atoms with E-state index in [1.165, 1.54) is 10.9 Å². The lowest BCUT2D eigenvalue weighted by molar-refractivity contribution is 1.26. The smallest absolute Gasteiger partial charge is 0.197 e. The summed E-state index contributed by atoms with van der Waals surface area (Å²) in [5.74, 6) is -0.0664. The van der Waals surface area contributed by atoms with Crippen LogP contribution in [0.1, 0.15) is 16.7 Å². The number of nitrogens with zero attached hydrogens (tertiary/aromatic N) is 2. The second-order valence-electron chi connectivity index (χ2n) is 6.79. The number of nitrogens with one attached hydrogen (secondary N) is 1. The maximum atomic E-state index is 9.46. The molecule has 0 heterocycles. The number of hydrogen-bond acceptors (Lipinski definition) is 2. The number of hydrogen-bond donors (Lipinski definition) is 2. The van der Waals surface area contributed by atoms with Gasteiger partial charge in [0, 0.05) is 16.3 Å². The third-order valence-electron chi connectivity index (χ3n) is 5.27. The van der Waals surface area contributed by atoms with E-state index in [1.807, 2.05) is 42.5 Å². The first-order chi connectivity index (χ1) is 13.7. The molecule has 0 bridgehead atoms. The van der Waals surface area contributed by atoms with Crippen molar-refractivity contribution in [2.24, 2.45) is 5.73 Å². The predicted octanol–water partition coefficient (Wildman–Crippen LogP) is 5.38. The molecular weight excluding hydrogens is 344 g/mol. The third kappa shape index (κ3) is 2.20. The van der Waals surface area contributed by atoms with E-state index in [1.54, 1.807) is 11.0 Å². The van der Waals surface area contributed by atoms with E-state index in [0.717, 1.165) is 33.1 Å². The van der Waals surface area contributed by atoms with Gasteiger partial charge in [0.1, 0.15) is 0 Å². The largest absolute Gasteiger partial charge is 0.369 e. The Morgan fingerprint density at radius 2 is 1.64 bits per heavy atom. The van der Waals surface area contributed by atoms with Crippen molar-refractivity contribution in [3.8, 4) is 6.07 Å². The molecule has 0 fully saturated rings. The van der Waals surface area contributed by atoms with Crippen molar-refractivity contribution >= 4 is 51.0 Å². The van der Waals surface area contributed by atoms with E-state index in [9.17, 15) is 5.26 Å². The number of guanidine groups is 1. The first-order valence-corrected chi connectivity index (χ1v) is 8.99. The van der Waals surface area contributed by atoms with Crippen molar-refractivity contribution < 1.29 is 0 Å². The lowest BCUT2D eigenvalue weighted by Crippen LogP contribution is -2.33. The summed E-state index contributed by atoms with van der Waals surface area (Å²) in [4.78, 5) is 1.75. The van der Waals surface area contributed by atoms with Gasteiger partial charge in [-0.1, -0.05) is 60.7 Å². The third-order valence-corrected chi connectivity index (χ3v) is 5.27. The average molecular weight is 360 g/mol. The summed E-state index contributed by atoms with van der Waals surface area (Å²) in [5, 5.41) is 21.8. The van der Waals surface area contributed by atoms with Crippen LogP contribution in [-0.4, -0.2) is 5.96 Å². The van der Waals surface area contributed by atoms with Crippen molar-refractivity contribution in [3.63, 3.8) is 0 Å². The Hall–Kier alpha value is -4.10. The van der Waals surface area contributed by atoms with Crippen LogP contribution in [0.15, 0.2) is 66.7 Å². The van der Waals surface area contributed by atoms with Crippen molar-refractivity contribution in [2.45, 2.75) is 0 Å².